The zero-order chi connectivity index (χ0) is 23.6. The number of hydrogen-bond donors (Lipinski definition) is 1. The summed E-state index contributed by atoms with van der Waals surface area (Å²) in [5.41, 5.74) is 6.56. The molecule has 1 saturated heterocycles. The summed E-state index contributed by atoms with van der Waals surface area (Å²) in [5, 5.41) is 0. The molecule has 6 heteroatoms. The molecule has 33 heavy (non-hydrogen) atoms. The fraction of sp³-hybridized carbons (Fsp3) is 0.296. The van der Waals surface area contributed by atoms with Crippen LogP contribution in [0, 0.1) is 20.8 Å². The zero-order valence-electron chi connectivity index (χ0n) is 19.4. The molecule has 5 nitrogen and oxygen atoms in total. The highest BCUT2D eigenvalue weighted by Crippen LogP contribution is 2.26. The SMILES string of the molecule is Cc1cc(C)c(S(=O)(=O)NCc2ccccc2-c2ccc(CN3CCCC3=O)cc2)c(C)c1. The van der Waals surface area contributed by atoms with Crippen LogP contribution in [0.2, 0.25) is 0 Å². The summed E-state index contributed by atoms with van der Waals surface area (Å²) in [6.07, 6.45) is 1.57. The molecule has 3 aromatic carbocycles. The number of rotatable bonds is 7. The molecule has 0 aromatic heterocycles. The van der Waals surface area contributed by atoms with Gasteiger partial charge in [0.05, 0.1) is 4.90 Å². The average Bonchev–Trinajstić information content (AvgIpc) is 3.16. The van der Waals surface area contributed by atoms with Crippen molar-refractivity contribution in [1.29, 1.82) is 0 Å². The molecule has 0 atom stereocenters. The molecule has 0 aliphatic carbocycles. The Kier molecular flexibility index (Phi) is 6.68. The van der Waals surface area contributed by atoms with Gasteiger partial charge >= 0.3 is 0 Å². The number of carbonyl (C=O) groups is 1. The minimum atomic E-state index is -3.65. The van der Waals surface area contributed by atoms with Gasteiger partial charge < -0.3 is 4.90 Å². The van der Waals surface area contributed by atoms with Crippen LogP contribution in [-0.4, -0.2) is 25.8 Å². The van der Waals surface area contributed by atoms with Gasteiger partial charge in [-0.3, -0.25) is 4.79 Å². The van der Waals surface area contributed by atoms with Crippen LogP contribution in [0.25, 0.3) is 11.1 Å². The van der Waals surface area contributed by atoms with E-state index in [1.54, 1.807) is 0 Å². The lowest BCUT2D eigenvalue weighted by atomic mass is 9.98. The third kappa shape index (κ3) is 5.18. The molecule has 1 fully saturated rings. The number of nitrogens with one attached hydrogen (secondary N) is 1. The molecular formula is C27H30N2O3S. The summed E-state index contributed by atoms with van der Waals surface area (Å²) < 4.78 is 29.0. The maximum Gasteiger partial charge on any atom is 0.241 e. The van der Waals surface area contributed by atoms with Gasteiger partial charge in [0.1, 0.15) is 0 Å². The van der Waals surface area contributed by atoms with Crippen molar-refractivity contribution in [3.05, 3.63) is 88.5 Å². The number of sulfonamides is 1. The van der Waals surface area contributed by atoms with E-state index in [1.165, 1.54) is 0 Å². The summed E-state index contributed by atoms with van der Waals surface area (Å²) in [6.45, 7) is 7.29. The predicted octanol–water partition coefficient (Wildman–Crippen LogP) is 4.88. The van der Waals surface area contributed by atoms with Crippen molar-refractivity contribution < 1.29 is 13.2 Å². The molecule has 3 aromatic rings. The Morgan fingerprint density at radius 1 is 0.939 bits per heavy atom. The zero-order valence-corrected chi connectivity index (χ0v) is 20.2. The molecular weight excluding hydrogens is 432 g/mol. The van der Waals surface area contributed by atoms with Gasteiger partial charge in [-0.1, -0.05) is 66.2 Å². The first kappa shape index (κ1) is 23.2. The Morgan fingerprint density at radius 2 is 1.61 bits per heavy atom. The van der Waals surface area contributed by atoms with Gasteiger partial charge in [-0.2, -0.15) is 0 Å². The van der Waals surface area contributed by atoms with Gasteiger partial charge in [-0.15, -0.1) is 0 Å². The minimum Gasteiger partial charge on any atom is -0.338 e. The number of hydrogen-bond acceptors (Lipinski definition) is 3. The minimum absolute atomic E-state index is 0.204. The molecule has 1 heterocycles. The standard InChI is InChI=1S/C27H30N2O3S/c1-19-15-20(2)27(21(3)16-19)33(31,32)28-17-24-7-4-5-8-25(24)23-12-10-22(11-13-23)18-29-14-6-9-26(29)30/h4-5,7-8,10-13,15-16,28H,6,9,14,17-18H2,1-3H3. The summed E-state index contributed by atoms with van der Waals surface area (Å²) in [4.78, 5) is 14.1. The molecule has 0 unspecified atom stereocenters. The van der Waals surface area contributed by atoms with Gasteiger partial charge in [-0.25, -0.2) is 13.1 Å². The van der Waals surface area contributed by atoms with Crippen molar-refractivity contribution in [1.82, 2.24) is 9.62 Å². The monoisotopic (exact) mass is 462 g/mol. The van der Waals surface area contributed by atoms with Crippen molar-refractivity contribution in [2.45, 2.75) is 51.6 Å². The van der Waals surface area contributed by atoms with E-state index in [4.69, 9.17) is 0 Å². The quantitative estimate of drug-likeness (QED) is 0.544. The van der Waals surface area contributed by atoms with Crippen molar-refractivity contribution in [3.8, 4) is 11.1 Å². The van der Waals surface area contributed by atoms with Crippen LogP contribution in [0.5, 0.6) is 0 Å². The molecule has 0 spiro atoms. The van der Waals surface area contributed by atoms with E-state index in [-0.39, 0.29) is 12.5 Å². The second kappa shape index (κ2) is 9.49. The molecule has 0 saturated carbocycles. The second-order valence-corrected chi connectivity index (χ2v) is 10.5. The van der Waals surface area contributed by atoms with E-state index in [2.05, 4.69) is 4.72 Å². The number of aryl methyl sites for hydroxylation is 3. The molecule has 0 bridgehead atoms. The van der Waals surface area contributed by atoms with Crippen LogP contribution in [0.3, 0.4) is 0 Å². The van der Waals surface area contributed by atoms with Crippen molar-refractivity contribution >= 4 is 15.9 Å². The smallest absolute Gasteiger partial charge is 0.241 e. The van der Waals surface area contributed by atoms with Gasteiger partial charge in [0.25, 0.3) is 0 Å². The summed E-state index contributed by atoms with van der Waals surface area (Å²) in [5.74, 6) is 0.218. The van der Waals surface area contributed by atoms with Gasteiger partial charge in [0.2, 0.25) is 15.9 Å². The average molecular weight is 463 g/mol. The van der Waals surface area contributed by atoms with Crippen molar-refractivity contribution in [2.24, 2.45) is 0 Å². The van der Waals surface area contributed by atoms with Crippen LogP contribution in [-0.2, 0) is 27.9 Å². The van der Waals surface area contributed by atoms with Gasteiger partial charge in [0, 0.05) is 26.1 Å². The first-order chi connectivity index (χ1) is 15.7. The molecule has 4 rings (SSSR count). The first-order valence-corrected chi connectivity index (χ1v) is 12.8. The van der Waals surface area contributed by atoms with E-state index in [0.29, 0.717) is 17.9 Å². The van der Waals surface area contributed by atoms with E-state index < -0.39 is 10.0 Å². The van der Waals surface area contributed by atoms with Crippen LogP contribution in [0.15, 0.2) is 65.6 Å². The maximum absolute atomic E-state index is 13.1. The number of likely N-dealkylation sites (tertiary alicyclic amines) is 1. The Labute approximate surface area is 196 Å². The van der Waals surface area contributed by atoms with Crippen molar-refractivity contribution in [3.63, 3.8) is 0 Å². The largest absolute Gasteiger partial charge is 0.338 e. The highest BCUT2D eigenvalue weighted by Gasteiger charge is 2.21. The molecule has 1 N–H and O–H groups in total. The van der Waals surface area contributed by atoms with E-state index in [0.717, 1.165) is 51.9 Å². The molecule has 1 aliphatic rings. The van der Waals surface area contributed by atoms with Gasteiger partial charge in [-0.05, 0) is 60.6 Å². The molecule has 0 radical (unpaired) electrons. The number of benzene rings is 3. The highest BCUT2D eigenvalue weighted by atomic mass is 32.2. The first-order valence-electron chi connectivity index (χ1n) is 11.3. The van der Waals surface area contributed by atoms with Crippen LogP contribution >= 0.6 is 0 Å². The Hall–Kier alpha value is -2.96. The highest BCUT2D eigenvalue weighted by molar-refractivity contribution is 7.89. The van der Waals surface area contributed by atoms with Gasteiger partial charge in [0.15, 0.2) is 0 Å². The molecule has 172 valence electrons. The Morgan fingerprint density at radius 3 is 2.24 bits per heavy atom. The van der Waals surface area contributed by atoms with E-state index in [9.17, 15) is 13.2 Å². The topological polar surface area (TPSA) is 66.5 Å². The lowest BCUT2D eigenvalue weighted by Gasteiger charge is -2.16. The van der Waals surface area contributed by atoms with Crippen molar-refractivity contribution in [2.75, 3.05) is 6.54 Å². The van der Waals surface area contributed by atoms with Crippen LogP contribution in [0.4, 0.5) is 0 Å². The lowest BCUT2D eigenvalue weighted by molar-refractivity contribution is -0.128. The summed E-state index contributed by atoms with van der Waals surface area (Å²) in [6, 6.07) is 19.8. The number of carbonyl (C=O) groups excluding carboxylic acids is 1. The normalized spacial score (nSPS) is 14.2. The van der Waals surface area contributed by atoms with E-state index >= 15 is 0 Å². The molecule has 1 amide bonds. The third-order valence-corrected chi connectivity index (χ3v) is 7.86. The number of nitrogens with zero attached hydrogens (tertiary/aromatic N) is 1. The number of amides is 1. The Balaban J connectivity index is 1.53. The predicted molar refractivity (Wildman–Crippen MR) is 131 cm³/mol. The Bertz CT molecular complexity index is 1260. The second-order valence-electron chi connectivity index (χ2n) is 8.83. The molecule has 1 aliphatic heterocycles. The maximum atomic E-state index is 13.1. The third-order valence-electron chi connectivity index (χ3n) is 6.15. The van der Waals surface area contributed by atoms with Crippen LogP contribution in [0.1, 0.15) is 40.7 Å². The van der Waals surface area contributed by atoms with Crippen LogP contribution < -0.4 is 4.72 Å². The summed E-state index contributed by atoms with van der Waals surface area (Å²) in [7, 11) is -3.65. The van der Waals surface area contributed by atoms with E-state index in [1.807, 2.05) is 86.3 Å². The summed E-state index contributed by atoms with van der Waals surface area (Å²) >= 11 is 0. The lowest BCUT2D eigenvalue weighted by Crippen LogP contribution is -2.25. The fourth-order valence-electron chi connectivity index (χ4n) is 4.67. The fourth-order valence-corrected chi connectivity index (χ4v) is 6.13.